The number of benzene rings is 2. The van der Waals surface area contributed by atoms with Crippen molar-refractivity contribution in [2.45, 2.75) is 38.6 Å². The summed E-state index contributed by atoms with van der Waals surface area (Å²) in [4.78, 5) is 20.8. The molecule has 0 bridgehead atoms. The number of hydrogen-bond acceptors (Lipinski definition) is 4. The van der Waals surface area contributed by atoms with Crippen LogP contribution < -0.4 is 0 Å². The lowest BCUT2D eigenvalue weighted by Crippen LogP contribution is -2.44. The third-order valence-electron chi connectivity index (χ3n) is 5.56. The highest BCUT2D eigenvalue weighted by Gasteiger charge is 2.41. The highest BCUT2D eigenvalue weighted by Crippen LogP contribution is 2.41. The molecule has 2 atom stereocenters. The molecular formula is C23H22Br2N2O2S. The van der Waals surface area contributed by atoms with Gasteiger partial charge >= 0.3 is 0 Å². The number of carbonyl (C=O) groups excluding carboxylic acids is 1. The molecule has 7 heteroatoms. The summed E-state index contributed by atoms with van der Waals surface area (Å²) in [6.45, 7) is 2.22. The number of amides is 1. The number of hydrogen-bond donors (Lipinski definition) is 1. The van der Waals surface area contributed by atoms with E-state index in [4.69, 9.17) is 4.99 Å². The Balaban J connectivity index is 1.76. The number of halogens is 2. The van der Waals surface area contributed by atoms with Crippen molar-refractivity contribution in [2.75, 3.05) is 0 Å². The van der Waals surface area contributed by atoms with Gasteiger partial charge in [0.1, 0.15) is 5.75 Å². The third kappa shape index (κ3) is 4.53. The van der Waals surface area contributed by atoms with Crippen LogP contribution in [0.25, 0.3) is 6.08 Å². The average Bonchev–Trinajstić information content (AvgIpc) is 3.02. The third-order valence-corrected chi connectivity index (χ3v) is 7.61. The minimum atomic E-state index is -0.0380. The Morgan fingerprint density at radius 1 is 1.17 bits per heavy atom. The van der Waals surface area contributed by atoms with Gasteiger partial charge in [0, 0.05) is 16.1 Å². The first kappa shape index (κ1) is 21.7. The molecule has 0 spiro atoms. The molecule has 2 aromatic rings. The maximum absolute atomic E-state index is 13.5. The van der Waals surface area contributed by atoms with Gasteiger partial charge in [0.05, 0.1) is 15.1 Å². The van der Waals surface area contributed by atoms with E-state index in [2.05, 4.69) is 38.8 Å². The Bertz CT molecular complexity index is 1020. The number of thioether (sulfide) groups is 1. The zero-order valence-corrected chi connectivity index (χ0v) is 20.5. The largest absolute Gasteiger partial charge is 0.506 e. The second kappa shape index (κ2) is 9.28. The number of para-hydroxylation sites is 1. The lowest BCUT2D eigenvalue weighted by Gasteiger charge is -2.35. The van der Waals surface area contributed by atoms with Gasteiger partial charge in [-0.25, -0.2) is 4.99 Å². The van der Waals surface area contributed by atoms with Gasteiger partial charge in [-0.05, 0) is 76.8 Å². The zero-order chi connectivity index (χ0) is 21.3. The van der Waals surface area contributed by atoms with Crippen molar-refractivity contribution >= 4 is 66.5 Å². The molecule has 1 heterocycles. The van der Waals surface area contributed by atoms with Crippen LogP contribution in [0.3, 0.4) is 0 Å². The number of aromatic hydroxyl groups is 1. The Morgan fingerprint density at radius 2 is 1.90 bits per heavy atom. The topological polar surface area (TPSA) is 52.9 Å². The van der Waals surface area contributed by atoms with Gasteiger partial charge in [-0.1, -0.05) is 53.9 Å². The summed E-state index contributed by atoms with van der Waals surface area (Å²) < 4.78 is 1.40. The lowest BCUT2D eigenvalue weighted by molar-refractivity contribution is -0.124. The second-order valence-corrected chi connectivity index (χ2v) is 10.4. The Kier molecular flexibility index (Phi) is 6.70. The van der Waals surface area contributed by atoms with Crippen molar-refractivity contribution in [1.82, 2.24) is 4.90 Å². The Labute approximate surface area is 197 Å². The SMILES string of the molecule is C[C@H]1CCCC[C@H]1N1C(=O)/C(=C/c2cc(Br)cc(Br)c2O)SC1=Nc1ccccc1. The minimum Gasteiger partial charge on any atom is -0.506 e. The molecule has 1 aliphatic carbocycles. The summed E-state index contributed by atoms with van der Waals surface area (Å²) in [6, 6.07) is 13.5. The number of carbonyl (C=O) groups is 1. The van der Waals surface area contributed by atoms with Gasteiger partial charge in [-0.2, -0.15) is 0 Å². The van der Waals surface area contributed by atoms with Crippen LogP contribution in [-0.4, -0.2) is 27.1 Å². The minimum absolute atomic E-state index is 0.0380. The normalized spacial score (nSPS) is 24.8. The number of amidine groups is 1. The van der Waals surface area contributed by atoms with Crippen molar-refractivity contribution in [3.05, 3.63) is 61.9 Å². The van der Waals surface area contributed by atoms with Crippen molar-refractivity contribution in [3.8, 4) is 5.75 Å². The summed E-state index contributed by atoms with van der Waals surface area (Å²) in [5.74, 6) is 0.506. The van der Waals surface area contributed by atoms with Crippen LogP contribution in [0.2, 0.25) is 0 Å². The second-order valence-electron chi connectivity index (χ2n) is 7.67. The number of nitrogens with zero attached hydrogens (tertiary/aromatic N) is 2. The quantitative estimate of drug-likeness (QED) is 0.415. The summed E-state index contributed by atoms with van der Waals surface area (Å²) in [5, 5.41) is 11.2. The van der Waals surface area contributed by atoms with Gasteiger partial charge < -0.3 is 5.11 Å². The van der Waals surface area contributed by atoms with E-state index >= 15 is 0 Å². The molecule has 1 N–H and O–H groups in total. The van der Waals surface area contributed by atoms with E-state index in [0.29, 0.717) is 26.0 Å². The molecule has 4 nitrogen and oxygen atoms in total. The van der Waals surface area contributed by atoms with Crippen LogP contribution in [0.5, 0.6) is 5.75 Å². The van der Waals surface area contributed by atoms with E-state index in [1.54, 1.807) is 18.2 Å². The predicted octanol–water partition coefficient (Wildman–Crippen LogP) is 7.10. The van der Waals surface area contributed by atoms with Gasteiger partial charge in [0.25, 0.3) is 5.91 Å². The number of phenols is 1. The molecule has 1 aliphatic heterocycles. The molecule has 156 valence electrons. The first-order chi connectivity index (χ1) is 14.4. The highest BCUT2D eigenvalue weighted by molar-refractivity contribution is 9.11. The maximum atomic E-state index is 13.5. The summed E-state index contributed by atoms with van der Waals surface area (Å²) in [6.07, 6.45) is 6.20. The van der Waals surface area contributed by atoms with E-state index in [0.717, 1.165) is 29.4 Å². The fraction of sp³-hybridized carbons (Fsp3) is 0.304. The number of aliphatic imine (C=N–C) groups is 1. The lowest BCUT2D eigenvalue weighted by atomic mass is 9.85. The molecule has 1 saturated carbocycles. The van der Waals surface area contributed by atoms with Gasteiger partial charge in [-0.3, -0.25) is 9.69 Å². The molecular weight excluding hydrogens is 528 g/mol. The maximum Gasteiger partial charge on any atom is 0.267 e. The fourth-order valence-corrected chi connectivity index (χ4v) is 6.28. The van der Waals surface area contributed by atoms with Crippen molar-refractivity contribution in [1.29, 1.82) is 0 Å². The van der Waals surface area contributed by atoms with E-state index in [1.807, 2.05) is 35.2 Å². The predicted molar refractivity (Wildman–Crippen MR) is 131 cm³/mol. The summed E-state index contributed by atoms with van der Waals surface area (Å²) in [7, 11) is 0. The molecule has 0 unspecified atom stereocenters. The van der Waals surface area contributed by atoms with Crippen molar-refractivity contribution in [2.24, 2.45) is 10.9 Å². The molecule has 2 fully saturated rings. The molecule has 2 aromatic carbocycles. The first-order valence-corrected chi connectivity index (χ1v) is 12.4. The first-order valence-electron chi connectivity index (χ1n) is 9.99. The average molecular weight is 550 g/mol. The summed E-state index contributed by atoms with van der Waals surface area (Å²) >= 11 is 8.20. The molecule has 30 heavy (non-hydrogen) atoms. The van der Waals surface area contributed by atoms with E-state index in [-0.39, 0.29) is 17.7 Å². The van der Waals surface area contributed by atoms with E-state index < -0.39 is 0 Å². The van der Waals surface area contributed by atoms with Crippen LogP contribution in [0, 0.1) is 5.92 Å². The monoisotopic (exact) mass is 548 g/mol. The molecule has 1 saturated heterocycles. The number of rotatable bonds is 3. The molecule has 2 aliphatic rings. The van der Waals surface area contributed by atoms with E-state index in [1.165, 1.54) is 18.2 Å². The molecule has 4 rings (SSSR count). The van der Waals surface area contributed by atoms with Crippen LogP contribution in [0.1, 0.15) is 38.2 Å². The molecule has 0 radical (unpaired) electrons. The zero-order valence-electron chi connectivity index (χ0n) is 16.5. The van der Waals surface area contributed by atoms with Gasteiger partial charge in [-0.15, -0.1) is 0 Å². The van der Waals surface area contributed by atoms with Crippen LogP contribution >= 0.6 is 43.6 Å². The summed E-state index contributed by atoms with van der Waals surface area (Å²) in [5.41, 5.74) is 1.42. The van der Waals surface area contributed by atoms with Gasteiger partial charge in [0.2, 0.25) is 0 Å². The number of phenolic OH excluding ortho intramolecular Hbond substituents is 1. The van der Waals surface area contributed by atoms with Crippen molar-refractivity contribution in [3.63, 3.8) is 0 Å². The fourth-order valence-electron chi connectivity index (χ4n) is 3.99. The Hall–Kier alpha value is -1.57. The molecule has 1 amide bonds. The van der Waals surface area contributed by atoms with E-state index in [9.17, 15) is 9.90 Å². The van der Waals surface area contributed by atoms with Crippen LogP contribution in [-0.2, 0) is 4.79 Å². The Morgan fingerprint density at radius 3 is 2.63 bits per heavy atom. The van der Waals surface area contributed by atoms with Gasteiger partial charge in [0.15, 0.2) is 5.17 Å². The standard InChI is InChI=1S/C23H22Br2N2O2S/c1-14-7-5-6-10-19(14)27-22(29)20(12-15-11-16(24)13-18(25)21(15)28)30-23(27)26-17-8-3-2-4-9-17/h2-4,8-9,11-14,19,28H,5-7,10H2,1H3/b20-12-,26-23?/t14-,19+/m0/s1. The van der Waals surface area contributed by atoms with Crippen molar-refractivity contribution < 1.29 is 9.90 Å². The molecule has 0 aromatic heterocycles. The highest BCUT2D eigenvalue weighted by atomic mass is 79.9. The van der Waals surface area contributed by atoms with Crippen LogP contribution in [0.15, 0.2) is 61.3 Å². The smallest absolute Gasteiger partial charge is 0.267 e. The van der Waals surface area contributed by atoms with Crippen LogP contribution in [0.4, 0.5) is 5.69 Å².